The standard InChI is InChI=1S/C32H40N4O5S.ClH/c1-4-5-31(32(38)34-26-10-8-25(9-11-26)23(2)37)33-27-18-20-36(21-19-27)22-24-6-14-29(15-7-24)41-30-16-12-28(13-17-30)35-42(3,39)40;/h6-17,27,31,33,35H,4-5,18-22H2,1-3H3,(H,34,38);1H. The number of piperidine rings is 1. The highest BCUT2D eigenvalue weighted by Crippen LogP contribution is 2.24. The molecule has 0 bridgehead atoms. The first-order valence-corrected chi connectivity index (χ1v) is 16.2. The summed E-state index contributed by atoms with van der Waals surface area (Å²) < 4.78 is 31.1. The van der Waals surface area contributed by atoms with Crippen LogP contribution in [0.5, 0.6) is 11.5 Å². The van der Waals surface area contributed by atoms with Crippen LogP contribution in [0.4, 0.5) is 11.4 Å². The van der Waals surface area contributed by atoms with Crippen LogP contribution in [-0.2, 0) is 21.4 Å². The Bertz CT molecular complexity index is 1440. The van der Waals surface area contributed by atoms with Gasteiger partial charge in [0.15, 0.2) is 5.78 Å². The van der Waals surface area contributed by atoms with E-state index in [1.165, 1.54) is 12.5 Å². The third-order valence-corrected chi connectivity index (χ3v) is 7.81. The van der Waals surface area contributed by atoms with Crippen molar-refractivity contribution in [3.63, 3.8) is 0 Å². The first-order chi connectivity index (χ1) is 20.1. The van der Waals surface area contributed by atoms with Gasteiger partial charge >= 0.3 is 0 Å². The fourth-order valence-corrected chi connectivity index (χ4v) is 5.57. The SMILES string of the molecule is CCCC(NC1CCN(Cc2ccc(Oc3ccc(NS(C)(=O)=O)cc3)cc2)CC1)C(=O)Nc1ccc(C(C)=O)cc1.Cl. The van der Waals surface area contributed by atoms with Gasteiger partial charge in [-0.1, -0.05) is 25.5 Å². The second-order valence-electron chi connectivity index (χ2n) is 10.8. The zero-order valence-corrected chi connectivity index (χ0v) is 26.5. The number of carbonyl (C=O) groups excluding carboxylic acids is 2. The number of hydrogen-bond acceptors (Lipinski definition) is 7. The van der Waals surface area contributed by atoms with Gasteiger partial charge in [0.2, 0.25) is 15.9 Å². The maximum absolute atomic E-state index is 13.0. The lowest BCUT2D eigenvalue weighted by Crippen LogP contribution is -2.50. The van der Waals surface area contributed by atoms with E-state index < -0.39 is 10.0 Å². The molecule has 1 heterocycles. The number of nitrogens with zero attached hydrogens (tertiary/aromatic N) is 1. The van der Waals surface area contributed by atoms with Gasteiger partial charge < -0.3 is 15.4 Å². The van der Waals surface area contributed by atoms with E-state index in [0.29, 0.717) is 28.4 Å². The van der Waals surface area contributed by atoms with Crippen molar-refractivity contribution < 1.29 is 22.7 Å². The molecule has 11 heteroatoms. The van der Waals surface area contributed by atoms with Gasteiger partial charge in [-0.2, -0.15) is 0 Å². The number of ether oxygens (including phenoxy) is 1. The fraction of sp³-hybridized carbons (Fsp3) is 0.375. The highest BCUT2D eigenvalue weighted by Gasteiger charge is 2.25. The van der Waals surface area contributed by atoms with Crippen molar-refractivity contribution in [2.75, 3.05) is 29.4 Å². The first kappa shape index (κ1) is 34.1. The number of nitrogens with one attached hydrogen (secondary N) is 3. The summed E-state index contributed by atoms with van der Waals surface area (Å²) >= 11 is 0. The Morgan fingerprint density at radius 1 is 0.907 bits per heavy atom. The molecule has 1 fully saturated rings. The molecule has 1 aliphatic rings. The molecule has 3 aromatic rings. The summed E-state index contributed by atoms with van der Waals surface area (Å²) in [6.45, 7) is 6.33. The van der Waals surface area contributed by atoms with E-state index in [1.54, 1.807) is 48.5 Å². The molecule has 1 saturated heterocycles. The summed E-state index contributed by atoms with van der Waals surface area (Å²) in [5.74, 6) is 1.29. The topological polar surface area (TPSA) is 117 Å². The van der Waals surface area contributed by atoms with Crippen LogP contribution in [0.15, 0.2) is 72.8 Å². The smallest absolute Gasteiger partial charge is 0.241 e. The molecule has 0 aliphatic carbocycles. The van der Waals surface area contributed by atoms with E-state index in [0.717, 1.165) is 51.6 Å². The molecule has 3 N–H and O–H groups in total. The Hall–Kier alpha value is -3.44. The van der Waals surface area contributed by atoms with Crippen LogP contribution in [0, 0.1) is 0 Å². The van der Waals surface area contributed by atoms with Gasteiger partial charge in [-0.05, 0) is 106 Å². The number of benzene rings is 3. The summed E-state index contributed by atoms with van der Waals surface area (Å²) in [6, 6.07) is 21.8. The van der Waals surface area contributed by atoms with Crippen molar-refractivity contribution in [2.45, 2.75) is 58.2 Å². The third kappa shape index (κ3) is 11.0. The van der Waals surface area contributed by atoms with E-state index in [4.69, 9.17) is 4.74 Å². The predicted octanol–water partition coefficient (Wildman–Crippen LogP) is 5.84. The highest BCUT2D eigenvalue weighted by molar-refractivity contribution is 7.92. The average Bonchev–Trinajstić information content (AvgIpc) is 2.95. The lowest BCUT2D eigenvalue weighted by molar-refractivity contribution is -0.118. The minimum Gasteiger partial charge on any atom is -0.457 e. The monoisotopic (exact) mass is 628 g/mol. The van der Waals surface area contributed by atoms with Gasteiger partial charge in [0.05, 0.1) is 12.3 Å². The lowest BCUT2D eigenvalue weighted by Gasteiger charge is -2.34. The lowest BCUT2D eigenvalue weighted by atomic mass is 10.0. The van der Waals surface area contributed by atoms with Crippen molar-refractivity contribution >= 4 is 45.5 Å². The molecule has 3 aromatic carbocycles. The molecule has 4 rings (SSSR count). The zero-order chi connectivity index (χ0) is 30.1. The molecular formula is C32H41ClN4O5S. The summed E-state index contributed by atoms with van der Waals surface area (Å²) in [5.41, 5.74) is 3.00. The number of anilines is 2. The van der Waals surface area contributed by atoms with E-state index in [-0.39, 0.29) is 36.2 Å². The van der Waals surface area contributed by atoms with Crippen molar-refractivity contribution in [1.82, 2.24) is 10.2 Å². The van der Waals surface area contributed by atoms with Crippen LogP contribution >= 0.6 is 12.4 Å². The summed E-state index contributed by atoms with van der Waals surface area (Å²) in [7, 11) is -3.32. The normalized spacial score (nSPS) is 14.8. The number of ketones is 1. The van der Waals surface area contributed by atoms with E-state index in [2.05, 4.69) is 39.3 Å². The number of Topliss-reactive ketones (excluding diaryl/α,β-unsaturated/α-hetero) is 1. The molecule has 232 valence electrons. The number of likely N-dealkylation sites (tertiary alicyclic amines) is 1. The van der Waals surface area contributed by atoms with Crippen LogP contribution in [0.3, 0.4) is 0 Å². The fourth-order valence-electron chi connectivity index (χ4n) is 5.00. The number of rotatable bonds is 13. The van der Waals surface area contributed by atoms with Gasteiger partial charge in [0, 0.05) is 29.5 Å². The van der Waals surface area contributed by atoms with Crippen LogP contribution in [0.2, 0.25) is 0 Å². The summed E-state index contributed by atoms with van der Waals surface area (Å²) in [5, 5.41) is 6.59. The number of carbonyl (C=O) groups is 2. The maximum atomic E-state index is 13.0. The molecule has 43 heavy (non-hydrogen) atoms. The molecule has 1 amide bonds. The van der Waals surface area contributed by atoms with Crippen LogP contribution < -0.4 is 20.1 Å². The molecule has 0 aromatic heterocycles. The molecule has 9 nitrogen and oxygen atoms in total. The number of hydrogen-bond donors (Lipinski definition) is 3. The quantitative estimate of drug-likeness (QED) is 0.204. The van der Waals surface area contributed by atoms with E-state index in [9.17, 15) is 18.0 Å². The second kappa shape index (κ2) is 15.9. The van der Waals surface area contributed by atoms with Crippen LogP contribution in [0.25, 0.3) is 0 Å². The summed E-state index contributed by atoms with van der Waals surface area (Å²) in [6.07, 6.45) is 4.70. The van der Waals surface area contributed by atoms with Crippen LogP contribution in [0.1, 0.15) is 55.5 Å². The van der Waals surface area contributed by atoms with E-state index in [1.807, 2.05) is 12.1 Å². The van der Waals surface area contributed by atoms with Gasteiger partial charge in [0.1, 0.15) is 11.5 Å². The highest BCUT2D eigenvalue weighted by atomic mass is 35.5. The van der Waals surface area contributed by atoms with Gasteiger partial charge in [-0.3, -0.25) is 19.2 Å². The van der Waals surface area contributed by atoms with Gasteiger partial charge in [0.25, 0.3) is 0 Å². The zero-order valence-electron chi connectivity index (χ0n) is 24.8. The number of amides is 1. The Balaban J connectivity index is 0.00000506. The molecule has 0 radical (unpaired) electrons. The first-order valence-electron chi connectivity index (χ1n) is 14.3. The number of halogens is 1. The molecule has 1 unspecified atom stereocenters. The molecule has 0 spiro atoms. The van der Waals surface area contributed by atoms with Crippen molar-refractivity contribution in [3.05, 3.63) is 83.9 Å². The predicted molar refractivity (Wildman–Crippen MR) is 174 cm³/mol. The molecule has 0 saturated carbocycles. The minimum atomic E-state index is -3.32. The molecule has 1 atom stereocenters. The van der Waals surface area contributed by atoms with Crippen molar-refractivity contribution in [2.24, 2.45) is 0 Å². The number of sulfonamides is 1. The summed E-state index contributed by atoms with van der Waals surface area (Å²) in [4.78, 5) is 27.0. The Morgan fingerprint density at radius 3 is 2.00 bits per heavy atom. The molecular weight excluding hydrogens is 588 g/mol. The van der Waals surface area contributed by atoms with E-state index >= 15 is 0 Å². The minimum absolute atomic E-state index is 0. The largest absolute Gasteiger partial charge is 0.457 e. The van der Waals surface area contributed by atoms with Crippen LogP contribution in [-0.4, -0.2) is 56.4 Å². The molecule has 1 aliphatic heterocycles. The van der Waals surface area contributed by atoms with Gasteiger partial charge in [-0.15, -0.1) is 12.4 Å². The maximum Gasteiger partial charge on any atom is 0.241 e. The third-order valence-electron chi connectivity index (χ3n) is 7.20. The Morgan fingerprint density at radius 2 is 1.47 bits per heavy atom. The van der Waals surface area contributed by atoms with Crippen molar-refractivity contribution in [1.29, 1.82) is 0 Å². The second-order valence-corrected chi connectivity index (χ2v) is 12.6. The Labute approximate surface area is 260 Å². The van der Waals surface area contributed by atoms with Crippen molar-refractivity contribution in [3.8, 4) is 11.5 Å². The average molecular weight is 629 g/mol. The Kier molecular flexibility index (Phi) is 12.6. The van der Waals surface area contributed by atoms with Gasteiger partial charge in [-0.25, -0.2) is 8.42 Å².